The van der Waals surface area contributed by atoms with Crippen LogP contribution in [0.5, 0.6) is 5.75 Å². The molecule has 0 radical (unpaired) electrons. The fourth-order valence-corrected chi connectivity index (χ4v) is 3.89. The Labute approximate surface area is 200 Å². The molecule has 0 atom stereocenters. The minimum absolute atomic E-state index is 0.196. The molecule has 0 aliphatic carbocycles. The number of hydrogen-bond acceptors (Lipinski definition) is 7. The van der Waals surface area contributed by atoms with E-state index in [1.165, 1.54) is 12.2 Å². The largest absolute Gasteiger partial charge is 0.492 e. The maximum Gasteiger partial charge on any atom is 0.277 e. The van der Waals surface area contributed by atoms with Gasteiger partial charge in [-0.15, -0.1) is 0 Å². The molecule has 34 heavy (non-hydrogen) atoms. The molecule has 178 valence electrons. The van der Waals surface area contributed by atoms with Crippen LogP contribution >= 0.6 is 0 Å². The van der Waals surface area contributed by atoms with Gasteiger partial charge in [-0.2, -0.15) is 0 Å². The summed E-state index contributed by atoms with van der Waals surface area (Å²) in [6.45, 7) is 4.66. The van der Waals surface area contributed by atoms with E-state index in [9.17, 15) is 4.79 Å². The van der Waals surface area contributed by atoms with Crippen LogP contribution in [0, 0.1) is 5.92 Å². The highest BCUT2D eigenvalue weighted by atomic mass is 16.7. The minimum Gasteiger partial charge on any atom is -0.492 e. The minimum atomic E-state index is -0.196. The normalized spacial score (nSPS) is 14.1. The molecular weight excluding hydrogens is 430 g/mol. The van der Waals surface area contributed by atoms with Gasteiger partial charge in [0, 0.05) is 43.7 Å². The number of hydroxylamine groups is 2. The van der Waals surface area contributed by atoms with E-state index >= 15 is 0 Å². The van der Waals surface area contributed by atoms with Crippen molar-refractivity contribution in [2.24, 2.45) is 5.92 Å². The summed E-state index contributed by atoms with van der Waals surface area (Å²) >= 11 is 0. The second-order valence-electron chi connectivity index (χ2n) is 8.43. The number of hydrogen-bond donors (Lipinski definition) is 0. The van der Waals surface area contributed by atoms with E-state index in [2.05, 4.69) is 26.8 Å². The van der Waals surface area contributed by atoms with Crippen LogP contribution in [0.25, 0.3) is 11.3 Å². The van der Waals surface area contributed by atoms with Gasteiger partial charge >= 0.3 is 0 Å². The number of carbonyl (C=O) groups is 1. The van der Waals surface area contributed by atoms with Gasteiger partial charge in [0.05, 0.1) is 25.6 Å². The average molecular weight is 462 g/mol. The number of benzene rings is 1. The smallest absolute Gasteiger partial charge is 0.277 e. The second-order valence-corrected chi connectivity index (χ2v) is 8.43. The topological polar surface area (TPSA) is 80.7 Å². The van der Waals surface area contributed by atoms with Crippen molar-refractivity contribution >= 4 is 11.9 Å². The quantitative estimate of drug-likeness (QED) is 0.469. The molecule has 0 saturated carbocycles. The van der Waals surface area contributed by atoms with Crippen LogP contribution in [0.15, 0.2) is 55.0 Å². The summed E-state index contributed by atoms with van der Waals surface area (Å²) in [6.07, 6.45) is 8.65. The second kappa shape index (κ2) is 11.1. The van der Waals surface area contributed by atoms with Gasteiger partial charge in [-0.25, -0.2) is 15.0 Å². The van der Waals surface area contributed by atoms with Crippen molar-refractivity contribution in [3.05, 3.63) is 66.1 Å². The van der Waals surface area contributed by atoms with Gasteiger partial charge in [0.25, 0.3) is 5.91 Å². The molecule has 2 aromatic heterocycles. The summed E-state index contributed by atoms with van der Waals surface area (Å²) in [5.74, 6) is 1.89. The average Bonchev–Trinajstić information content (AvgIpc) is 2.92. The summed E-state index contributed by atoms with van der Waals surface area (Å²) < 4.78 is 6.02. The van der Waals surface area contributed by atoms with Gasteiger partial charge in [-0.3, -0.25) is 14.6 Å². The lowest BCUT2D eigenvalue weighted by Gasteiger charge is -2.31. The van der Waals surface area contributed by atoms with Crippen LogP contribution < -0.4 is 9.64 Å². The van der Waals surface area contributed by atoms with Crippen molar-refractivity contribution in [2.75, 3.05) is 38.8 Å². The highest BCUT2D eigenvalue weighted by molar-refractivity contribution is 5.93. The van der Waals surface area contributed by atoms with Gasteiger partial charge in [0.2, 0.25) is 5.95 Å². The fraction of sp³-hybridized carbons (Fsp3) is 0.385. The number of amides is 1. The van der Waals surface area contributed by atoms with Crippen molar-refractivity contribution in [1.29, 1.82) is 0 Å². The first kappa shape index (κ1) is 23.6. The summed E-state index contributed by atoms with van der Waals surface area (Å²) in [5, 5.41) is 1.20. The Balaban J connectivity index is 1.26. The van der Waals surface area contributed by atoms with Crippen LogP contribution in [0.3, 0.4) is 0 Å². The third-order valence-corrected chi connectivity index (χ3v) is 6.21. The number of carbonyl (C=O) groups excluding carboxylic acids is 1. The van der Waals surface area contributed by atoms with E-state index in [4.69, 9.17) is 9.57 Å². The van der Waals surface area contributed by atoms with E-state index in [-0.39, 0.29) is 5.91 Å². The fourth-order valence-electron chi connectivity index (χ4n) is 3.89. The van der Waals surface area contributed by atoms with Crippen molar-refractivity contribution in [1.82, 2.24) is 20.0 Å². The number of aromatic nitrogens is 3. The first-order chi connectivity index (χ1) is 16.6. The molecule has 1 aromatic carbocycles. The molecule has 0 spiro atoms. The lowest BCUT2D eigenvalue weighted by atomic mass is 9.98. The predicted molar refractivity (Wildman–Crippen MR) is 131 cm³/mol. The van der Waals surface area contributed by atoms with E-state index in [1.54, 1.807) is 25.4 Å². The number of pyridine rings is 1. The van der Waals surface area contributed by atoms with Gasteiger partial charge in [-0.1, -0.05) is 19.1 Å². The number of ether oxygens (including phenoxy) is 1. The highest BCUT2D eigenvalue weighted by Crippen LogP contribution is 2.24. The highest BCUT2D eigenvalue weighted by Gasteiger charge is 2.21. The van der Waals surface area contributed by atoms with Gasteiger partial charge in [0.15, 0.2) is 0 Å². The number of nitrogens with zero attached hydrogens (tertiary/aromatic N) is 5. The summed E-state index contributed by atoms with van der Waals surface area (Å²) in [7, 11) is 3.05. The van der Waals surface area contributed by atoms with Crippen molar-refractivity contribution in [2.45, 2.75) is 26.2 Å². The molecule has 8 heteroatoms. The van der Waals surface area contributed by atoms with Crippen LogP contribution in [-0.2, 0) is 11.3 Å². The number of piperidine rings is 1. The molecule has 3 aromatic rings. The molecule has 0 unspecified atom stereocenters. The van der Waals surface area contributed by atoms with Crippen LogP contribution in [0.2, 0.25) is 0 Å². The third-order valence-electron chi connectivity index (χ3n) is 6.21. The molecule has 1 fully saturated rings. The van der Waals surface area contributed by atoms with E-state index in [0.717, 1.165) is 60.9 Å². The van der Waals surface area contributed by atoms with E-state index < -0.39 is 0 Å². The van der Waals surface area contributed by atoms with E-state index in [0.29, 0.717) is 18.1 Å². The van der Waals surface area contributed by atoms with Gasteiger partial charge < -0.3 is 9.64 Å². The molecular formula is C26H31N5O3. The Morgan fingerprint density at radius 2 is 1.74 bits per heavy atom. The van der Waals surface area contributed by atoms with Crippen molar-refractivity contribution < 1.29 is 14.4 Å². The zero-order valence-corrected chi connectivity index (χ0v) is 20.0. The SMILES string of the molecule is CCc1cnc(N2CCC(COc3ccc(-c4ccc(C(=O)N(C)OC)cc4)nc3)CC2)nc1. The maximum atomic E-state index is 12.1. The molecule has 1 aliphatic heterocycles. The Bertz CT molecular complexity index is 1060. The predicted octanol–water partition coefficient (Wildman–Crippen LogP) is 4.03. The molecule has 1 amide bonds. The zero-order valence-electron chi connectivity index (χ0n) is 20.0. The number of rotatable bonds is 8. The molecule has 1 aliphatic rings. The number of aryl methyl sites for hydroxylation is 1. The zero-order chi connectivity index (χ0) is 23.9. The molecule has 0 N–H and O–H groups in total. The van der Waals surface area contributed by atoms with Gasteiger partial charge in [-0.05, 0) is 55.0 Å². The van der Waals surface area contributed by atoms with Crippen molar-refractivity contribution in [3.8, 4) is 17.0 Å². The summed E-state index contributed by atoms with van der Waals surface area (Å²) in [5.41, 5.74) is 3.48. The molecule has 0 bridgehead atoms. The Morgan fingerprint density at radius 3 is 2.32 bits per heavy atom. The van der Waals surface area contributed by atoms with Crippen molar-refractivity contribution in [3.63, 3.8) is 0 Å². The van der Waals surface area contributed by atoms with E-state index in [1.807, 2.05) is 36.7 Å². The first-order valence-electron chi connectivity index (χ1n) is 11.6. The molecule has 8 nitrogen and oxygen atoms in total. The Morgan fingerprint density at radius 1 is 1.03 bits per heavy atom. The first-order valence-corrected chi connectivity index (χ1v) is 11.6. The lowest BCUT2D eigenvalue weighted by molar-refractivity contribution is -0.0756. The summed E-state index contributed by atoms with van der Waals surface area (Å²) in [4.78, 5) is 32.9. The number of anilines is 1. The van der Waals surface area contributed by atoms with Crippen LogP contribution in [-0.4, -0.2) is 59.8 Å². The summed E-state index contributed by atoms with van der Waals surface area (Å²) in [6, 6.07) is 11.2. The Hall–Kier alpha value is -3.52. The molecule has 4 rings (SSSR count). The lowest BCUT2D eigenvalue weighted by Crippen LogP contribution is -2.36. The molecule has 3 heterocycles. The standard InChI is InChI=1S/C26H31N5O3/c1-4-19-15-28-26(29-16-19)31-13-11-20(12-14-31)18-34-23-9-10-24(27-17-23)21-5-7-22(8-6-21)25(32)30(2)33-3/h5-10,15-17,20H,4,11-14,18H2,1-3H3. The van der Waals surface area contributed by atoms with Crippen LogP contribution in [0.4, 0.5) is 5.95 Å². The monoisotopic (exact) mass is 461 g/mol. The van der Waals surface area contributed by atoms with Gasteiger partial charge in [0.1, 0.15) is 5.75 Å². The van der Waals surface area contributed by atoms with Crippen LogP contribution in [0.1, 0.15) is 35.7 Å². The third kappa shape index (κ3) is 5.69. The maximum absolute atomic E-state index is 12.1. The Kier molecular flexibility index (Phi) is 7.69. The molecule has 1 saturated heterocycles.